The first kappa shape index (κ1) is 21.2. The van der Waals surface area contributed by atoms with Crippen molar-refractivity contribution in [2.24, 2.45) is 5.92 Å². The molecule has 0 saturated carbocycles. The van der Waals surface area contributed by atoms with Gasteiger partial charge in [0.2, 0.25) is 10.0 Å². The second kappa shape index (κ2) is 9.18. The molecule has 1 amide bonds. The van der Waals surface area contributed by atoms with Crippen LogP contribution in [-0.2, 0) is 24.3 Å². The lowest BCUT2D eigenvalue weighted by Crippen LogP contribution is -2.28. The van der Waals surface area contributed by atoms with E-state index in [-0.39, 0.29) is 16.6 Å². The third kappa shape index (κ3) is 5.43. The fraction of sp³-hybridized carbons (Fsp3) is 0.556. The topological polar surface area (TPSA) is 102 Å². The number of ether oxygens (including phenoxy) is 2. The van der Waals surface area contributed by atoms with Gasteiger partial charge >= 0.3 is 5.97 Å². The van der Waals surface area contributed by atoms with Crippen molar-refractivity contribution in [3.8, 4) is 5.75 Å². The normalized spacial score (nSPS) is 15.0. The van der Waals surface area contributed by atoms with Crippen molar-refractivity contribution in [3.05, 3.63) is 18.2 Å². The van der Waals surface area contributed by atoms with E-state index in [2.05, 4.69) is 5.32 Å². The molecule has 27 heavy (non-hydrogen) atoms. The summed E-state index contributed by atoms with van der Waals surface area (Å²) < 4.78 is 37.6. The number of nitrogens with one attached hydrogen (secondary N) is 1. The summed E-state index contributed by atoms with van der Waals surface area (Å²) in [6, 6.07) is 4.44. The molecule has 0 aromatic heterocycles. The Morgan fingerprint density at radius 1 is 1.22 bits per heavy atom. The molecular weight excluding hydrogens is 372 g/mol. The van der Waals surface area contributed by atoms with Crippen molar-refractivity contribution in [3.63, 3.8) is 0 Å². The second-order valence-corrected chi connectivity index (χ2v) is 8.42. The molecule has 0 atom stereocenters. The summed E-state index contributed by atoms with van der Waals surface area (Å²) in [4.78, 5) is 23.5. The molecule has 8 nitrogen and oxygen atoms in total. The van der Waals surface area contributed by atoms with E-state index in [1.165, 1.54) is 16.4 Å². The first-order valence-corrected chi connectivity index (χ1v) is 10.4. The van der Waals surface area contributed by atoms with Crippen LogP contribution in [0.2, 0.25) is 0 Å². The Labute approximate surface area is 159 Å². The number of nitrogens with zero attached hydrogens (tertiary/aromatic N) is 1. The van der Waals surface area contributed by atoms with Gasteiger partial charge in [-0.1, -0.05) is 13.8 Å². The van der Waals surface area contributed by atoms with Crippen LogP contribution >= 0.6 is 0 Å². The minimum absolute atomic E-state index is 0.0169. The molecule has 1 aromatic carbocycles. The van der Waals surface area contributed by atoms with Crippen molar-refractivity contribution in [1.29, 1.82) is 0 Å². The van der Waals surface area contributed by atoms with Crippen LogP contribution in [0.1, 0.15) is 33.6 Å². The summed E-state index contributed by atoms with van der Waals surface area (Å²) in [5.74, 6) is -1.11. The number of benzene rings is 1. The number of amides is 1. The van der Waals surface area contributed by atoms with Crippen molar-refractivity contribution in [2.75, 3.05) is 31.6 Å². The van der Waals surface area contributed by atoms with Gasteiger partial charge < -0.3 is 14.8 Å². The first-order valence-electron chi connectivity index (χ1n) is 8.99. The Kier molecular flexibility index (Phi) is 7.20. The standard InChI is InChI=1S/C18H26N2O6S/c1-4-25-15-8-7-14(19-17(21)12-26-18(22)13(2)3)11-16(15)27(23,24)20-9-5-6-10-20/h7-8,11,13H,4-6,9-10,12H2,1-3H3,(H,19,21). The smallest absolute Gasteiger partial charge is 0.308 e. The molecule has 1 aliphatic rings. The van der Waals surface area contributed by atoms with Crippen molar-refractivity contribution < 1.29 is 27.5 Å². The molecule has 1 fully saturated rings. The number of carbonyl (C=O) groups excluding carboxylic acids is 2. The van der Waals surface area contributed by atoms with Crippen LogP contribution in [0.5, 0.6) is 5.75 Å². The number of anilines is 1. The molecule has 1 saturated heterocycles. The largest absolute Gasteiger partial charge is 0.492 e. The lowest BCUT2D eigenvalue weighted by molar-refractivity contribution is -0.150. The summed E-state index contributed by atoms with van der Waals surface area (Å²) in [5, 5.41) is 2.55. The molecule has 1 N–H and O–H groups in total. The van der Waals surface area contributed by atoms with E-state index < -0.39 is 28.5 Å². The van der Waals surface area contributed by atoms with Crippen LogP contribution in [0.4, 0.5) is 5.69 Å². The number of sulfonamides is 1. The predicted molar refractivity (Wildman–Crippen MR) is 100 cm³/mol. The van der Waals surface area contributed by atoms with Crippen LogP contribution in [-0.4, -0.2) is 50.9 Å². The maximum Gasteiger partial charge on any atom is 0.308 e. The van der Waals surface area contributed by atoms with Crippen LogP contribution in [0.15, 0.2) is 23.1 Å². The Morgan fingerprint density at radius 2 is 1.89 bits per heavy atom. The van der Waals surface area contributed by atoms with Gasteiger partial charge in [-0.25, -0.2) is 8.42 Å². The third-order valence-corrected chi connectivity index (χ3v) is 5.95. The van der Waals surface area contributed by atoms with Gasteiger partial charge in [-0.05, 0) is 38.0 Å². The monoisotopic (exact) mass is 398 g/mol. The maximum absolute atomic E-state index is 12.9. The van der Waals surface area contributed by atoms with Gasteiger partial charge in [0.15, 0.2) is 6.61 Å². The summed E-state index contributed by atoms with van der Waals surface area (Å²) in [6.45, 7) is 5.93. The lowest BCUT2D eigenvalue weighted by atomic mass is 10.2. The highest BCUT2D eigenvalue weighted by Gasteiger charge is 2.30. The molecule has 1 aromatic rings. The first-order chi connectivity index (χ1) is 12.8. The zero-order valence-corrected chi connectivity index (χ0v) is 16.7. The Bertz CT molecular complexity index is 785. The highest BCUT2D eigenvalue weighted by Crippen LogP contribution is 2.31. The molecule has 150 valence electrons. The van der Waals surface area contributed by atoms with E-state index in [0.717, 1.165) is 12.8 Å². The highest BCUT2D eigenvalue weighted by atomic mass is 32.2. The van der Waals surface area contributed by atoms with Crippen LogP contribution in [0.3, 0.4) is 0 Å². The molecule has 0 bridgehead atoms. The van der Waals surface area contributed by atoms with E-state index in [9.17, 15) is 18.0 Å². The second-order valence-electron chi connectivity index (χ2n) is 6.52. The third-order valence-electron chi connectivity index (χ3n) is 4.03. The van der Waals surface area contributed by atoms with Crippen molar-refractivity contribution >= 4 is 27.6 Å². The Balaban J connectivity index is 2.19. The van der Waals surface area contributed by atoms with Crippen molar-refractivity contribution in [2.45, 2.75) is 38.5 Å². The van der Waals surface area contributed by atoms with Gasteiger partial charge in [0, 0.05) is 18.8 Å². The van der Waals surface area contributed by atoms with E-state index in [1.807, 2.05) is 0 Å². The van der Waals surface area contributed by atoms with Crippen LogP contribution in [0, 0.1) is 5.92 Å². The van der Waals surface area contributed by atoms with E-state index in [0.29, 0.717) is 25.4 Å². The predicted octanol–water partition coefficient (Wildman–Crippen LogP) is 2.01. The highest BCUT2D eigenvalue weighted by molar-refractivity contribution is 7.89. The van der Waals surface area contributed by atoms with Gasteiger partial charge in [0.1, 0.15) is 10.6 Å². The molecular formula is C18H26N2O6S. The number of hydrogen-bond donors (Lipinski definition) is 1. The van der Waals surface area contributed by atoms with Crippen LogP contribution < -0.4 is 10.1 Å². The minimum Gasteiger partial charge on any atom is -0.492 e. The Hall–Kier alpha value is -2.13. The zero-order chi connectivity index (χ0) is 20.0. The molecule has 9 heteroatoms. The molecule has 1 heterocycles. The lowest BCUT2D eigenvalue weighted by Gasteiger charge is -2.19. The van der Waals surface area contributed by atoms with E-state index >= 15 is 0 Å². The minimum atomic E-state index is -3.72. The molecule has 0 aliphatic carbocycles. The number of rotatable bonds is 8. The Morgan fingerprint density at radius 3 is 2.48 bits per heavy atom. The fourth-order valence-electron chi connectivity index (χ4n) is 2.63. The quantitative estimate of drug-likeness (QED) is 0.672. The molecule has 0 unspecified atom stereocenters. The summed E-state index contributed by atoms with van der Waals surface area (Å²) in [7, 11) is -3.72. The number of carbonyl (C=O) groups is 2. The van der Waals surface area contributed by atoms with Crippen molar-refractivity contribution in [1.82, 2.24) is 4.31 Å². The summed E-state index contributed by atoms with van der Waals surface area (Å²) in [5.41, 5.74) is 0.293. The van der Waals surface area contributed by atoms with Gasteiger partial charge in [-0.2, -0.15) is 4.31 Å². The fourth-order valence-corrected chi connectivity index (χ4v) is 4.30. The number of hydrogen-bond acceptors (Lipinski definition) is 6. The molecule has 2 rings (SSSR count). The van der Waals surface area contributed by atoms with Gasteiger partial charge in [0.25, 0.3) is 5.91 Å². The van der Waals surface area contributed by atoms with Crippen LogP contribution in [0.25, 0.3) is 0 Å². The molecule has 0 spiro atoms. The zero-order valence-electron chi connectivity index (χ0n) is 15.9. The molecule has 1 aliphatic heterocycles. The average Bonchev–Trinajstić information content (AvgIpc) is 3.16. The van der Waals surface area contributed by atoms with Gasteiger partial charge in [-0.15, -0.1) is 0 Å². The molecule has 0 radical (unpaired) electrons. The summed E-state index contributed by atoms with van der Waals surface area (Å²) in [6.07, 6.45) is 1.64. The van der Waals surface area contributed by atoms with E-state index in [4.69, 9.17) is 9.47 Å². The SMILES string of the molecule is CCOc1ccc(NC(=O)COC(=O)C(C)C)cc1S(=O)(=O)N1CCCC1. The van der Waals surface area contributed by atoms with E-state index in [1.54, 1.807) is 26.8 Å². The van der Waals surface area contributed by atoms with Gasteiger partial charge in [0.05, 0.1) is 12.5 Å². The number of esters is 1. The summed E-state index contributed by atoms with van der Waals surface area (Å²) >= 11 is 0. The average molecular weight is 398 g/mol. The maximum atomic E-state index is 12.9. The van der Waals surface area contributed by atoms with Gasteiger partial charge in [-0.3, -0.25) is 9.59 Å².